The average molecular weight is 262 g/mol. The van der Waals surface area contributed by atoms with Crippen molar-refractivity contribution in [1.29, 1.82) is 0 Å². The minimum Gasteiger partial charge on any atom is -0.384 e. The fraction of sp³-hybridized carbons (Fsp3) is 0.733. The van der Waals surface area contributed by atoms with Crippen LogP contribution in [0.1, 0.15) is 59.2 Å². The standard InChI is InChI=1S/C15H26N4/c1-10-7-5-6-8-11(10)17-13-9-12(16)18-14(19-13)15(2,3)4/h9-11H,5-8H2,1-4H3,(H3,16,17,18,19). The van der Waals surface area contributed by atoms with E-state index in [0.717, 1.165) is 11.6 Å². The number of rotatable bonds is 2. The van der Waals surface area contributed by atoms with Gasteiger partial charge in [0.15, 0.2) is 0 Å². The molecule has 1 aliphatic carbocycles. The number of nitrogens with one attached hydrogen (secondary N) is 1. The van der Waals surface area contributed by atoms with Crippen LogP contribution in [-0.2, 0) is 5.41 Å². The summed E-state index contributed by atoms with van der Waals surface area (Å²) < 4.78 is 0. The molecule has 4 nitrogen and oxygen atoms in total. The molecule has 106 valence electrons. The highest BCUT2D eigenvalue weighted by molar-refractivity contribution is 5.46. The maximum absolute atomic E-state index is 5.90. The summed E-state index contributed by atoms with van der Waals surface area (Å²) in [6.45, 7) is 8.63. The van der Waals surface area contributed by atoms with Gasteiger partial charge in [0.25, 0.3) is 0 Å². The fourth-order valence-electron chi connectivity index (χ4n) is 2.60. The van der Waals surface area contributed by atoms with Gasteiger partial charge in [-0.25, -0.2) is 9.97 Å². The lowest BCUT2D eigenvalue weighted by molar-refractivity contribution is 0.349. The second-order valence-corrected chi connectivity index (χ2v) is 6.76. The molecule has 0 amide bonds. The average Bonchev–Trinajstić information content (AvgIpc) is 2.30. The first-order chi connectivity index (χ1) is 8.86. The molecule has 19 heavy (non-hydrogen) atoms. The third kappa shape index (κ3) is 3.58. The van der Waals surface area contributed by atoms with Gasteiger partial charge in [0, 0.05) is 17.5 Å². The Morgan fingerprint density at radius 2 is 1.89 bits per heavy atom. The van der Waals surface area contributed by atoms with Gasteiger partial charge in [-0.05, 0) is 18.8 Å². The molecule has 1 heterocycles. The normalized spacial score (nSPS) is 24.2. The lowest BCUT2D eigenvalue weighted by Crippen LogP contribution is -2.31. The fourth-order valence-corrected chi connectivity index (χ4v) is 2.60. The summed E-state index contributed by atoms with van der Waals surface area (Å²) in [5.74, 6) is 2.92. The lowest BCUT2D eigenvalue weighted by Gasteiger charge is -2.30. The van der Waals surface area contributed by atoms with Crippen LogP contribution in [0.4, 0.5) is 11.6 Å². The van der Waals surface area contributed by atoms with Crippen LogP contribution in [0, 0.1) is 5.92 Å². The molecular weight excluding hydrogens is 236 g/mol. The molecule has 0 spiro atoms. The molecule has 0 saturated heterocycles. The molecule has 1 aliphatic rings. The zero-order valence-electron chi connectivity index (χ0n) is 12.5. The van der Waals surface area contributed by atoms with Crippen molar-refractivity contribution >= 4 is 11.6 Å². The van der Waals surface area contributed by atoms with Gasteiger partial charge >= 0.3 is 0 Å². The van der Waals surface area contributed by atoms with E-state index in [1.807, 2.05) is 6.07 Å². The topological polar surface area (TPSA) is 63.8 Å². The van der Waals surface area contributed by atoms with Crippen LogP contribution in [0.2, 0.25) is 0 Å². The first-order valence-electron chi connectivity index (χ1n) is 7.28. The Hall–Kier alpha value is -1.32. The number of nitrogens with zero attached hydrogens (tertiary/aromatic N) is 2. The SMILES string of the molecule is CC1CCCCC1Nc1cc(N)nc(C(C)(C)C)n1. The molecule has 2 atom stereocenters. The Morgan fingerprint density at radius 1 is 1.21 bits per heavy atom. The molecule has 4 heteroatoms. The number of hydrogen-bond donors (Lipinski definition) is 2. The molecule has 3 N–H and O–H groups in total. The van der Waals surface area contributed by atoms with Gasteiger partial charge < -0.3 is 11.1 Å². The first kappa shape index (κ1) is 14.1. The molecule has 1 fully saturated rings. The Kier molecular flexibility index (Phi) is 3.97. The minimum absolute atomic E-state index is 0.0794. The third-order valence-corrected chi connectivity index (χ3v) is 3.86. The maximum Gasteiger partial charge on any atom is 0.138 e. The molecule has 1 aromatic rings. The van der Waals surface area contributed by atoms with E-state index in [1.165, 1.54) is 25.7 Å². The highest BCUT2D eigenvalue weighted by Gasteiger charge is 2.23. The summed E-state index contributed by atoms with van der Waals surface area (Å²) in [5.41, 5.74) is 5.83. The second kappa shape index (κ2) is 5.35. The van der Waals surface area contributed by atoms with E-state index in [-0.39, 0.29) is 5.41 Å². The zero-order chi connectivity index (χ0) is 14.0. The first-order valence-corrected chi connectivity index (χ1v) is 7.28. The van der Waals surface area contributed by atoms with Crippen molar-refractivity contribution in [3.8, 4) is 0 Å². The van der Waals surface area contributed by atoms with E-state index >= 15 is 0 Å². The highest BCUT2D eigenvalue weighted by atomic mass is 15.1. The van der Waals surface area contributed by atoms with Gasteiger partial charge in [0.1, 0.15) is 17.5 Å². The molecule has 1 aromatic heterocycles. The third-order valence-electron chi connectivity index (χ3n) is 3.86. The maximum atomic E-state index is 5.90. The van der Waals surface area contributed by atoms with Gasteiger partial charge in [-0.3, -0.25) is 0 Å². The predicted molar refractivity (Wildman–Crippen MR) is 80.2 cm³/mol. The van der Waals surface area contributed by atoms with Crippen LogP contribution >= 0.6 is 0 Å². The molecule has 2 unspecified atom stereocenters. The van der Waals surface area contributed by atoms with E-state index in [0.29, 0.717) is 17.8 Å². The lowest BCUT2D eigenvalue weighted by atomic mass is 9.86. The zero-order valence-corrected chi connectivity index (χ0v) is 12.5. The van der Waals surface area contributed by atoms with Gasteiger partial charge in [0.2, 0.25) is 0 Å². The van der Waals surface area contributed by atoms with Crippen LogP contribution in [-0.4, -0.2) is 16.0 Å². The van der Waals surface area contributed by atoms with Crippen molar-refractivity contribution in [3.63, 3.8) is 0 Å². The van der Waals surface area contributed by atoms with E-state index in [4.69, 9.17) is 5.73 Å². The molecule has 0 aliphatic heterocycles. The monoisotopic (exact) mass is 262 g/mol. The molecule has 1 saturated carbocycles. The second-order valence-electron chi connectivity index (χ2n) is 6.76. The summed E-state index contributed by atoms with van der Waals surface area (Å²) in [6.07, 6.45) is 5.16. The summed E-state index contributed by atoms with van der Waals surface area (Å²) in [5, 5.41) is 3.55. The van der Waals surface area contributed by atoms with Crippen LogP contribution in [0.3, 0.4) is 0 Å². The van der Waals surface area contributed by atoms with Gasteiger partial charge in [-0.2, -0.15) is 0 Å². The Labute approximate surface area is 116 Å². The Bertz CT molecular complexity index is 436. The van der Waals surface area contributed by atoms with Crippen LogP contribution in [0.25, 0.3) is 0 Å². The van der Waals surface area contributed by atoms with Gasteiger partial charge in [0.05, 0.1) is 0 Å². The number of anilines is 2. The molecule has 2 rings (SSSR count). The van der Waals surface area contributed by atoms with Gasteiger partial charge in [-0.1, -0.05) is 40.5 Å². The molecule has 0 bridgehead atoms. The summed E-state index contributed by atoms with van der Waals surface area (Å²) in [4.78, 5) is 8.98. The quantitative estimate of drug-likeness (QED) is 0.858. The number of hydrogen-bond acceptors (Lipinski definition) is 4. The number of nitrogen functional groups attached to an aromatic ring is 1. The molecular formula is C15H26N4. The van der Waals surface area contributed by atoms with E-state index in [2.05, 4.69) is 43.0 Å². The molecule has 0 radical (unpaired) electrons. The summed E-state index contributed by atoms with van der Waals surface area (Å²) >= 11 is 0. The van der Waals surface area contributed by atoms with Crippen molar-refractivity contribution < 1.29 is 0 Å². The Balaban J connectivity index is 2.18. The van der Waals surface area contributed by atoms with Crippen LogP contribution < -0.4 is 11.1 Å². The van der Waals surface area contributed by atoms with Crippen molar-refractivity contribution in [2.75, 3.05) is 11.1 Å². The van der Waals surface area contributed by atoms with Crippen LogP contribution in [0.15, 0.2) is 6.07 Å². The number of nitrogens with two attached hydrogens (primary N) is 1. The van der Waals surface area contributed by atoms with Crippen molar-refractivity contribution in [2.24, 2.45) is 5.92 Å². The summed E-state index contributed by atoms with van der Waals surface area (Å²) in [6, 6.07) is 2.35. The molecule has 0 aromatic carbocycles. The smallest absolute Gasteiger partial charge is 0.138 e. The number of aromatic nitrogens is 2. The van der Waals surface area contributed by atoms with Crippen LogP contribution in [0.5, 0.6) is 0 Å². The predicted octanol–water partition coefficient (Wildman–Crippen LogP) is 3.35. The van der Waals surface area contributed by atoms with E-state index in [9.17, 15) is 0 Å². The Morgan fingerprint density at radius 3 is 2.53 bits per heavy atom. The summed E-state index contributed by atoms with van der Waals surface area (Å²) in [7, 11) is 0. The van der Waals surface area contributed by atoms with Crippen molar-refractivity contribution in [1.82, 2.24) is 9.97 Å². The van der Waals surface area contributed by atoms with Crippen molar-refractivity contribution in [3.05, 3.63) is 11.9 Å². The van der Waals surface area contributed by atoms with Gasteiger partial charge in [-0.15, -0.1) is 0 Å². The van der Waals surface area contributed by atoms with E-state index < -0.39 is 0 Å². The largest absolute Gasteiger partial charge is 0.384 e. The minimum atomic E-state index is -0.0794. The highest BCUT2D eigenvalue weighted by Crippen LogP contribution is 2.27. The van der Waals surface area contributed by atoms with Crippen molar-refractivity contribution in [2.45, 2.75) is 64.8 Å². The van der Waals surface area contributed by atoms with E-state index in [1.54, 1.807) is 0 Å².